The van der Waals surface area contributed by atoms with Crippen molar-refractivity contribution in [2.75, 3.05) is 13.6 Å². The predicted octanol–water partition coefficient (Wildman–Crippen LogP) is 2.30. The summed E-state index contributed by atoms with van der Waals surface area (Å²) in [6.07, 6.45) is 3.23. The molecular formula is C18H22F2N4O2. The van der Waals surface area contributed by atoms with E-state index in [2.05, 4.69) is 15.6 Å². The van der Waals surface area contributed by atoms with Gasteiger partial charge in [0.25, 0.3) is 0 Å². The third-order valence-electron chi connectivity index (χ3n) is 4.81. The summed E-state index contributed by atoms with van der Waals surface area (Å²) in [4.78, 5) is 28.2. The molecule has 3 rings (SSSR count). The van der Waals surface area contributed by atoms with Crippen LogP contribution in [-0.2, 0) is 11.2 Å². The number of hydrogen-bond donors (Lipinski definition) is 3. The second kappa shape index (κ2) is 7.31. The highest BCUT2D eigenvalue weighted by Gasteiger charge is 2.25. The van der Waals surface area contributed by atoms with E-state index in [9.17, 15) is 18.4 Å². The molecule has 1 aliphatic rings. The number of rotatable bonds is 4. The minimum Gasteiger partial charge on any atom is -0.361 e. The Balaban J connectivity index is 1.61. The third kappa shape index (κ3) is 3.79. The van der Waals surface area contributed by atoms with Crippen LogP contribution in [0.3, 0.4) is 0 Å². The van der Waals surface area contributed by atoms with Crippen LogP contribution in [0.5, 0.6) is 0 Å². The molecule has 2 unspecified atom stereocenters. The molecule has 3 amide bonds. The summed E-state index contributed by atoms with van der Waals surface area (Å²) in [5.74, 6) is -1.78. The van der Waals surface area contributed by atoms with Crippen molar-refractivity contribution < 1.29 is 18.4 Å². The van der Waals surface area contributed by atoms with Crippen molar-refractivity contribution in [2.24, 2.45) is 0 Å². The van der Waals surface area contributed by atoms with Gasteiger partial charge in [0, 0.05) is 49.2 Å². The smallest absolute Gasteiger partial charge is 0.317 e. The summed E-state index contributed by atoms with van der Waals surface area (Å²) in [5.41, 5.74) is 1.33. The van der Waals surface area contributed by atoms with E-state index in [1.54, 1.807) is 18.1 Å². The number of H-pyrrole nitrogens is 1. The topological polar surface area (TPSA) is 77.2 Å². The maximum absolute atomic E-state index is 13.5. The fourth-order valence-electron chi connectivity index (χ4n) is 3.25. The summed E-state index contributed by atoms with van der Waals surface area (Å²) in [7, 11) is 1.70. The van der Waals surface area contributed by atoms with Crippen LogP contribution in [-0.4, -0.2) is 47.5 Å². The summed E-state index contributed by atoms with van der Waals surface area (Å²) in [6, 6.07) is 1.83. The van der Waals surface area contributed by atoms with E-state index in [1.165, 1.54) is 6.07 Å². The van der Waals surface area contributed by atoms with Gasteiger partial charge in [0.15, 0.2) is 11.6 Å². The van der Waals surface area contributed by atoms with Crippen LogP contribution >= 0.6 is 0 Å². The Morgan fingerprint density at radius 3 is 2.81 bits per heavy atom. The number of amides is 3. The molecule has 0 saturated carbocycles. The first-order valence-corrected chi connectivity index (χ1v) is 8.60. The van der Waals surface area contributed by atoms with E-state index in [4.69, 9.17) is 0 Å². The van der Waals surface area contributed by atoms with Crippen LogP contribution in [0.1, 0.15) is 25.3 Å². The Labute approximate surface area is 149 Å². The Kier molecular flexibility index (Phi) is 5.11. The number of hydrogen-bond acceptors (Lipinski definition) is 2. The van der Waals surface area contributed by atoms with Crippen LogP contribution < -0.4 is 10.6 Å². The number of fused-ring (bicyclic) bond motifs is 1. The van der Waals surface area contributed by atoms with E-state index >= 15 is 0 Å². The zero-order chi connectivity index (χ0) is 18.8. The second-order valence-corrected chi connectivity index (χ2v) is 6.79. The first kappa shape index (κ1) is 18.2. The Morgan fingerprint density at radius 2 is 2.12 bits per heavy atom. The summed E-state index contributed by atoms with van der Waals surface area (Å²) in [5, 5.41) is 6.27. The molecule has 3 N–H and O–H groups in total. The number of piperidine rings is 1. The number of carbonyl (C=O) groups excluding carboxylic acids is 2. The van der Waals surface area contributed by atoms with Crippen LogP contribution in [0.15, 0.2) is 18.3 Å². The molecule has 0 spiro atoms. The quantitative estimate of drug-likeness (QED) is 0.779. The molecule has 2 aromatic rings. The molecule has 26 heavy (non-hydrogen) atoms. The highest BCUT2D eigenvalue weighted by molar-refractivity contribution is 5.83. The molecule has 6 nitrogen and oxygen atoms in total. The zero-order valence-electron chi connectivity index (χ0n) is 14.7. The van der Waals surface area contributed by atoms with Gasteiger partial charge in [-0.05, 0) is 31.4 Å². The van der Waals surface area contributed by atoms with Gasteiger partial charge in [-0.2, -0.15) is 0 Å². The lowest BCUT2D eigenvalue weighted by Gasteiger charge is -2.32. The van der Waals surface area contributed by atoms with Gasteiger partial charge in [-0.15, -0.1) is 0 Å². The van der Waals surface area contributed by atoms with Crippen molar-refractivity contribution in [1.82, 2.24) is 20.5 Å². The Hall–Kier alpha value is -2.64. The van der Waals surface area contributed by atoms with Crippen molar-refractivity contribution >= 4 is 22.8 Å². The maximum Gasteiger partial charge on any atom is 0.317 e. The molecule has 1 aromatic carbocycles. The van der Waals surface area contributed by atoms with Crippen molar-refractivity contribution in [3.8, 4) is 0 Å². The molecule has 2 atom stereocenters. The molecule has 0 radical (unpaired) electrons. The number of halogens is 2. The molecule has 1 aromatic heterocycles. The monoisotopic (exact) mass is 364 g/mol. The summed E-state index contributed by atoms with van der Waals surface area (Å²) >= 11 is 0. The molecule has 8 heteroatoms. The molecule has 0 bridgehead atoms. The highest BCUT2D eigenvalue weighted by Crippen LogP contribution is 2.22. The van der Waals surface area contributed by atoms with Crippen molar-refractivity contribution in [3.63, 3.8) is 0 Å². The fourth-order valence-corrected chi connectivity index (χ4v) is 3.25. The van der Waals surface area contributed by atoms with E-state index in [0.717, 1.165) is 11.6 Å². The lowest BCUT2D eigenvalue weighted by Crippen LogP contribution is -2.52. The number of carbonyl (C=O) groups is 2. The minimum absolute atomic E-state index is 0.00595. The van der Waals surface area contributed by atoms with Crippen LogP contribution in [0.4, 0.5) is 13.6 Å². The number of aromatic nitrogens is 1. The predicted molar refractivity (Wildman–Crippen MR) is 93.7 cm³/mol. The normalized spacial score (nSPS) is 18.5. The summed E-state index contributed by atoms with van der Waals surface area (Å²) < 4.78 is 26.8. The van der Waals surface area contributed by atoms with Crippen molar-refractivity contribution in [1.29, 1.82) is 0 Å². The number of nitrogens with one attached hydrogen (secondary N) is 3. The van der Waals surface area contributed by atoms with E-state index in [0.29, 0.717) is 36.7 Å². The van der Waals surface area contributed by atoms with Gasteiger partial charge in [0.05, 0.1) is 6.04 Å². The zero-order valence-corrected chi connectivity index (χ0v) is 14.7. The van der Waals surface area contributed by atoms with Gasteiger partial charge in [-0.3, -0.25) is 4.79 Å². The first-order chi connectivity index (χ1) is 12.3. The van der Waals surface area contributed by atoms with E-state index in [-0.39, 0.29) is 24.0 Å². The number of benzene rings is 1. The van der Waals surface area contributed by atoms with Crippen LogP contribution in [0.25, 0.3) is 10.9 Å². The fraction of sp³-hybridized carbons (Fsp3) is 0.444. The van der Waals surface area contributed by atoms with Gasteiger partial charge in [0.1, 0.15) is 0 Å². The lowest BCUT2D eigenvalue weighted by atomic mass is 10.1. The maximum atomic E-state index is 13.5. The SMILES string of the molecule is CC(Cc1c[nH]c2cc(F)c(F)cc12)NC(=O)N(C)C1CCC(=O)NC1. The highest BCUT2D eigenvalue weighted by atomic mass is 19.2. The van der Waals surface area contributed by atoms with Gasteiger partial charge < -0.3 is 20.5 Å². The van der Waals surface area contributed by atoms with Crippen LogP contribution in [0, 0.1) is 11.6 Å². The average Bonchev–Trinajstić information content (AvgIpc) is 2.97. The molecule has 2 heterocycles. The average molecular weight is 364 g/mol. The van der Waals surface area contributed by atoms with E-state index < -0.39 is 11.6 Å². The van der Waals surface area contributed by atoms with Gasteiger partial charge in [0.2, 0.25) is 5.91 Å². The van der Waals surface area contributed by atoms with Gasteiger partial charge >= 0.3 is 6.03 Å². The minimum atomic E-state index is -0.895. The molecule has 1 aliphatic heterocycles. The third-order valence-corrected chi connectivity index (χ3v) is 4.81. The molecule has 1 saturated heterocycles. The largest absolute Gasteiger partial charge is 0.361 e. The number of urea groups is 1. The molecule has 1 fully saturated rings. The summed E-state index contributed by atoms with van der Waals surface area (Å²) in [6.45, 7) is 2.30. The molecule has 140 valence electrons. The van der Waals surface area contributed by atoms with Gasteiger partial charge in [-0.25, -0.2) is 13.6 Å². The molecular weight excluding hydrogens is 342 g/mol. The Bertz CT molecular complexity index is 826. The Morgan fingerprint density at radius 1 is 1.38 bits per heavy atom. The second-order valence-electron chi connectivity index (χ2n) is 6.79. The number of likely N-dealkylation sites (N-methyl/N-ethyl adjacent to an activating group) is 1. The van der Waals surface area contributed by atoms with Crippen LogP contribution in [0.2, 0.25) is 0 Å². The first-order valence-electron chi connectivity index (χ1n) is 8.60. The number of nitrogens with zero attached hydrogens (tertiary/aromatic N) is 1. The number of aromatic amines is 1. The molecule has 0 aliphatic carbocycles. The lowest BCUT2D eigenvalue weighted by molar-refractivity contribution is -0.123. The van der Waals surface area contributed by atoms with Crippen molar-refractivity contribution in [3.05, 3.63) is 35.5 Å². The van der Waals surface area contributed by atoms with Crippen molar-refractivity contribution in [2.45, 2.75) is 38.3 Å². The standard InChI is InChI=1S/C18H22F2N4O2/c1-10(23-18(26)24(2)12-3-4-17(25)22-9-12)5-11-8-21-16-7-15(20)14(19)6-13(11)16/h6-8,10,12,21H,3-5,9H2,1-2H3,(H,22,25)(H,23,26). The van der Waals surface area contributed by atoms with Gasteiger partial charge in [-0.1, -0.05) is 0 Å². The van der Waals surface area contributed by atoms with E-state index in [1.807, 2.05) is 6.92 Å².